The van der Waals surface area contributed by atoms with Crippen molar-refractivity contribution >= 4 is 22.7 Å². The van der Waals surface area contributed by atoms with E-state index in [-0.39, 0.29) is 0 Å². The zero-order valence-electron chi connectivity index (χ0n) is 11.0. The van der Waals surface area contributed by atoms with Gasteiger partial charge in [-0.15, -0.1) is 0 Å². The lowest BCUT2D eigenvalue weighted by Gasteiger charge is -2.20. The maximum absolute atomic E-state index is 5.98. The highest BCUT2D eigenvalue weighted by atomic mass is 32.2. The number of benzene rings is 2. The zero-order valence-corrected chi connectivity index (χ0v) is 12.6. The first-order valence-electron chi connectivity index (χ1n) is 6.74. The van der Waals surface area contributed by atoms with Crippen molar-refractivity contribution < 1.29 is 9.47 Å². The van der Waals surface area contributed by atoms with E-state index in [1.165, 1.54) is 14.7 Å². The Morgan fingerprint density at radius 3 is 2.60 bits per heavy atom. The van der Waals surface area contributed by atoms with E-state index in [0.717, 1.165) is 36.2 Å². The Balaban J connectivity index is 1.65. The molecule has 1 saturated heterocycles. The molecule has 0 N–H and O–H groups in total. The lowest BCUT2D eigenvalue weighted by Crippen LogP contribution is -2.26. The van der Waals surface area contributed by atoms with E-state index in [4.69, 9.17) is 9.47 Å². The zero-order chi connectivity index (χ0) is 13.4. The molecule has 0 aliphatic carbocycles. The molecule has 0 radical (unpaired) electrons. The monoisotopic (exact) mass is 303 g/mol. The molecule has 2 aromatic carbocycles. The Kier molecular flexibility index (Phi) is 3.38. The fourth-order valence-electron chi connectivity index (χ4n) is 2.45. The van der Waals surface area contributed by atoms with Crippen LogP contribution in [0, 0.1) is 0 Å². The van der Waals surface area contributed by atoms with Crippen LogP contribution in [0.15, 0.2) is 57.2 Å². The molecular formula is C16H15O2S2+. The molecule has 2 heterocycles. The van der Waals surface area contributed by atoms with Gasteiger partial charge in [0.2, 0.25) is 0 Å². The number of para-hydroxylation sites is 1. The highest BCUT2D eigenvalue weighted by molar-refractivity contribution is 7.99. The topological polar surface area (TPSA) is 18.5 Å². The van der Waals surface area contributed by atoms with Crippen LogP contribution < -0.4 is 4.74 Å². The third-order valence-corrected chi connectivity index (χ3v) is 6.82. The van der Waals surface area contributed by atoms with E-state index in [1.807, 2.05) is 23.9 Å². The summed E-state index contributed by atoms with van der Waals surface area (Å²) in [5.74, 6) is 4.25. The highest BCUT2D eigenvalue weighted by Gasteiger charge is 2.27. The molecule has 0 bridgehead atoms. The van der Waals surface area contributed by atoms with E-state index in [9.17, 15) is 0 Å². The Labute approximate surface area is 125 Å². The predicted molar refractivity (Wildman–Crippen MR) is 83.3 cm³/mol. The minimum absolute atomic E-state index is 0.342. The fourth-order valence-corrected chi connectivity index (χ4v) is 5.37. The van der Waals surface area contributed by atoms with E-state index in [0.29, 0.717) is 10.9 Å². The molecule has 1 fully saturated rings. The second-order valence-electron chi connectivity index (χ2n) is 4.77. The molecule has 0 spiro atoms. The van der Waals surface area contributed by atoms with E-state index in [2.05, 4.69) is 30.3 Å². The summed E-state index contributed by atoms with van der Waals surface area (Å²) in [6.45, 7) is 1.79. The molecule has 102 valence electrons. The van der Waals surface area contributed by atoms with Crippen LogP contribution >= 0.6 is 11.8 Å². The van der Waals surface area contributed by atoms with Crippen LogP contribution in [-0.4, -0.2) is 24.7 Å². The quantitative estimate of drug-likeness (QED) is 0.634. The first-order valence-corrected chi connectivity index (χ1v) is 9.12. The van der Waals surface area contributed by atoms with Gasteiger partial charge in [-0.1, -0.05) is 23.9 Å². The molecule has 4 heteroatoms. The number of hydrogen-bond acceptors (Lipinski definition) is 3. The van der Waals surface area contributed by atoms with Crippen molar-refractivity contribution in [2.24, 2.45) is 0 Å². The van der Waals surface area contributed by atoms with Crippen LogP contribution in [0.25, 0.3) is 0 Å². The van der Waals surface area contributed by atoms with Crippen molar-refractivity contribution in [1.82, 2.24) is 0 Å². The molecule has 2 nitrogen and oxygen atoms in total. The van der Waals surface area contributed by atoms with Gasteiger partial charge >= 0.3 is 0 Å². The van der Waals surface area contributed by atoms with E-state index >= 15 is 0 Å². The predicted octanol–water partition coefficient (Wildman–Crippen LogP) is 3.95. The average Bonchev–Trinajstić information content (AvgIpc) is 2.53. The summed E-state index contributed by atoms with van der Waals surface area (Å²) in [7, 11) is 0.342. The number of hydrogen-bond donors (Lipinski definition) is 0. The van der Waals surface area contributed by atoms with Crippen LogP contribution in [0.5, 0.6) is 11.5 Å². The average molecular weight is 303 g/mol. The largest absolute Gasteiger partial charge is 0.455 e. The van der Waals surface area contributed by atoms with Crippen molar-refractivity contribution in [3.8, 4) is 11.5 Å². The van der Waals surface area contributed by atoms with Gasteiger partial charge in [0, 0.05) is 17.0 Å². The lowest BCUT2D eigenvalue weighted by atomic mass is 10.3. The Hall–Kier alpha value is -1.10. The summed E-state index contributed by atoms with van der Waals surface area (Å²) < 4.78 is 11.4. The third-order valence-electron chi connectivity index (χ3n) is 3.49. The summed E-state index contributed by atoms with van der Waals surface area (Å²) in [6.07, 6.45) is 0. The number of rotatable bonds is 1. The van der Waals surface area contributed by atoms with E-state index < -0.39 is 0 Å². The molecule has 2 aromatic rings. The van der Waals surface area contributed by atoms with Crippen LogP contribution in [0.2, 0.25) is 0 Å². The Bertz CT molecular complexity index is 636. The Morgan fingerprint density at radius 1 is 0.900 bits per heavy atom. The fraction of sp³-hybridized carbons (Fsp3) is 0.250. The number of ether oxygens (including phenoxy) is 2. The van der Waals surface area contributed by atoms with E-state index in [1.54, 1.807) is 0 Å². The molecule has 0 saturated carbocycles. The second-order valence-corrected chi connectivity index (χ2v) is 8.13. The van der Waals surface area contributed by atoms with Crippen molar-refractivity contribution in [2.75, 3.05) is 24.7 Å². The van der Waals surface area contributed by atoms with Gasteiger partial charge in [0.05, 0.1) is 23.0 Å². The summed E-state index contributed by atoms with van der Waals surface area (Å²) in [5.41, 5.74) is 0. The summed E-state index contributed by atoms with van der Waals surface area (Å²) in [4.78, 5) is 3.88. The van der Waals surface area contributed by atoms with Gasteiger partial charge in [-0.25, -0.2) is 0 Å². The molecule has 0 aromatic heterocycles. The summed E-state index contributed by atoms with van der Waals surface area (Å²) in [6, 6.07) is 14.9. The van der Waals surface area contributed by atoms with Gasteiger partial charge in [-0.2, -0.15) is 0 Å². The second kappa shape index (κ2) is 5.35. The van der Waals surface area contributed by atoms with Crippen LogP contribution in [0.1, 0.15) is 0 Å². The minimum Gasteiger partial charge on any atom is -0.455 e. The number of fused-ring (bicyclic) bond motifs is 2. The molecule has 2 aliphatic heterocycles. The van der Waals surface area contributed by atoms with Gasteiger partial charge < -0.3 is 9.47 Å². The molecule has 20 heavy (non-hydrogen) atoms. The first kappa shape index (κ1) is 12.6. The molecule has 2 aliphatic rings. The normalized spacial score (nSPS) is 18.0. The third kappa shape index (κ3) is 2.32. The van der Waals surface area contributed by atoms with Crippen molar-refractivity contribution in [2.45, 2.75) is 14.7 Å². The molecule has 4 rings (SSSR count). The summed E-state index contributed by atoms with van der Waals surface area (Å²) in [5, 5.41) is 0. The first-order chi connectivity index (χ1) is 9.90. The smallest absolute Gasteiger partial charge is 0.156 e. The van der Waals surface area contributed by atoms with Gasteiger partial charge in [0.25, 0.3) is 0 Å². The van der Waals surface area contributed by atoms with Crippen molar-refractivity contribution in [1.29, 1.82) is 0 Å². The molecular weight excluding hydrogens is 288 g/mol. The summed E-state index contributed by atoms with van der Waals surface area (Å²) >= 11 is 1.81. The molecule has 0 unspecified atom stereocenters. The molecule has 0 amide bonds. The highest BCUT2D eigenvalue weighted by Crippen LogP contribution is 2.47. The van der Waals surface area contributed by atoms with Crippen LogP contribution in [-0.2, 0) is 15.6 Å². The van der Waals surface area contributed by atoms with Crippen molar-refractivity contribution in [3.05, 3.63) is 42.5 Å². The van der Waals surface area contributed by atoms with Gasteiger partial charge in [-0.3, -0.25) is 0 Å². The standard InChI is InChI=1S/C16H15O2S2/c1-2-4-15-13(3-1)18-14-6-5-12(11-16(14)19-15)20-9-7-17-8-10-20/h1-6,11H,7-10H2/q+1. The van der Waals surface area contributed by atoms with Crippen LogP contribution in [0.3, 0.4) is 0 Å². The minimum atomic E-state index is 0.342. The van der Waals surface area contributed by atoms with Gasteiger partial charge in [-0.05, 0) is 24.3 Å². The van der Waals surface area contributed by atoms with Gasteiger partial charge in [0.15, 0.2) is 4.90 Å². The molecule has 0 atom stereocenters. The van der Waals surface area contributed by atoms with Crippen molar-refractivity contribution in [3.63, 3.8) is 0 Å². The lowest BCUT2D eigenvalue weighted by molar-refractivity contribution is 0.159. The SMILES string of the molecule is c1ccc2c(c1)Oc1ccc([S+]3CCOCC3)cc1S2. The maximum Gasteiger partial charge on any atom is 0.156 e. The maximum atomic E-state index is 5.98. The van der Waals surface area contributed by atoms with Gasteiger partial charge in [0.1, 0.15) is 23.0 Å². The Morgan fingerprint density at radius 2 is 1.70 bits per heavy atom. The van der Waals surface area contributed by atoms with Crippen LogP contribution in [0.4, 0.5) is 0 Å².